The van der Waals surface area contributed by atoms with E-state index in [2.05, 4.69) is 20.0 Å². The molecule has 118 valence electrons. The number of carbonyl (C=O) groups is 2. The van der Waals surface area contributed by atoms with E-state index < -0.39 is 11.9 Å². The summed E-state index contributed by atoms with van der Waals surface area (Å²) in [6.07, 6.45) is 1.35. The largest absolute Gasteiger partial charge is 0.465 e. The molecule has 0 saturated carbocycles. The predicted molar refractivity (Wildman–Crippen MR) is 86.0 cm³/mol. The average molecular weight is 349 g/mol. The second-order valence-corrected chi connectivity index (χ2v) is 6.31. The highest BCUT2D eigenvalue weighted by Crippen LogP contribution is 2.26. The molecule has 0 atom stereocenters. The van der Waals surface area contributed by atoms with Gasteiger partial charge in [-0.3, -0.25) is 10.1 Å². The first-order valence-corrected chi connectivity index (χ1v) is 8.14. The fourth-order valence-electron chi connectivity index (χ4n) is 1.73. The summed E-state index contributed by atoms with van der Waals surface area (Å²) in [7, 11) is 1.29. The van der Waals surface area contributed by atoms with E-state index in [4.69, 9.17) is 4.42 Å². The number of esters is 1. The van der Waals surface area contributed by atoms with E-state index in [0.29, 0.717) is 20.8 Å². The molecular weight excluding hydrogens is 338 g/mol. The number of hydrogen-bond donors (Lipinski definition) is 1. The van der Waals surface area contributed by atoms with Crippen LogP contribution in [0.15, 0.2) is 28.1 Å². The number of nitrogens with zero attached hydrogens (tertiary/aromatic N) is 2. The number of aromatic nitrogens is 2. The summed E-state index contributed by atoms with van der Waals surface area (Å²) < 4.78 is 10.1. The minimum atomic E-state index is -0.493. The van der Waals surface area contributed by atoms with E-state index in [1.54, 1.807) is 11.4 Å². The molecule has 0 spiro atoms. The number of carbonyl (C=O) groups excluding carboxylic acids is 2. The van der Waals surface area contributed by atoms with Gasteiger partial charge in [0.2, 0.25) is 0 Å². The molecule has 0 aromatic carbocycles. The second kappa shape index (κ2) is 6.31. The molecule has 7 nitrogen and oxygen atoms in total. The fourth-order valence-corrected chi connectivity index (χ4v) is 3.22. The first-order valence-electron chi connectivity index (χ1n) is 6.44. The normalized spacial score (nSPS) is 10.5. The highest BCUT2D eigenvalue weighted by atomic mass is 32.1. The van der Waals surface area contributed by atoms with Crippen molar-refractivity contribution in [1.29, 1.82) is 0 Å². The molecular formula is C14H11N3O4S2. The van der Waals surface area contributed by atoms with Gasteiger partial charge in [0, 0.05) is 5.38 Å². The van der Waals surface area contributed by atoms with Crippen LogP contribution in [0.3, 0.4) is 0 Å². The molecule has 9 heteroatoms. The molecule has 3 rings (SSSR count). The van der Waals surface area contributed by atoms with Crippen molar-refractivity contribution in [1.82, 2.24) is 9.97 Å². The highest BCUT2D eigenvalue weighted by molar-refractivity contribution is 7.17. The summed E-state index contributed by atoms with van der Waals surface area (Å²) in [6.45, 7) is 1.84. The number of nitrogens with one attached hydrogen (secondary N) is 1. The van der Waals surface area contributed by atoms with E-state index in [0.717, 1.165) is 17.1 Å². The van der Waals surface area contributed by atoms with E-state index in [1.807, 2.05) is 13.0 Å². The molecule has 0 fully saturated rings. The number of ether oxygens (including phenoxy) is 1. The van der Waals surface area contributed by atoms with Crippen molar-refractivity contribution >= 4 is 39.7 Å². The van der Waals surface area contributed by atoms with Crippen molar-refractivity contribution in [3.8, 4) is 10.8 Å². The van der Waals surface area contributed by atoms with Crippen LogP contribution in [-0.4, -0.2) is 29.0 Å². The summed E-state index contributed by atoms with van der Waals surface area (Å²) in [5.41, 5.74) is 0.258. The molecule has 3 heterocycles. The Bertz CT molecular complexity index is 865. The van der Waals surface area contributed by atoms with E-state index >= 15 is 0 Å². The maximum atomic E-state index is 12.2. The van der Waals surface area contributed by atoms with Gasteiger partial charge in [-0.2, -0.15) is 0 Å². The lowest BCUT2D eigenvalue weighted by Crippen LogP contribution is -2.11. The Hall–Kier alpha value is -2.52. The third kappa shape index (κ3) is 3.30. The van der Waals surface area contributed by atoms with Crippen molar-refractivity contribution in [2.75, 3.05) is 12.4 Å². The molecule has 0 saturated heterocycles. The maximum Gasteiger partial charge on any atom is 0.349 e. The Labute approximate surface area is 139 Å². The van der Waals surface area contributed by atoms with Gasteiger partial charge >= 0.3 is 5.97 Å². The van der Waals surface area contributed by atoms with Gasteiger partial charge in [0.15, 0.2) is 15.9 Å². The maximum absolute atomic E-state index is 12.2. The zero-order valence-corrected chi connectivity index (χ0v) is 13.8. The average Bonchev–Trinajstić information content (AvgIpc) is 3.25. The van der Waals surface area contributed by atoms with Gasteiger partial charge in [-0.25, -0.2) is 14.8 Å². The molecule has 3 aromatic rings. The Morgan fingerprint density at radius 3 is 2.87 bits per heavy atom. The van der Waals surface area contributed by atoms with Crippen LogP contribution in [0.5, 0.6) is 0 Å². The summed E-state index contributed by atoms with van der Waals surface area (Å²) in [6, 6.07) is 3.64. The monoisotopic (exact) mass is 349 g/mol. The molecule has 1 N–H and O–H groups in total. The van der Waals surface area contributed by atoms with Crippen molar-refractivity contribution < 1.29 is 18.7 Å². The van der Waals surface area contributed by atoms with Gasteiger partial charge in [0.25, 0.3) is 5.91 Å². The van der Waals surface area contributed by atoms with Crippen LogP contribution in [0, 0.1) is 6.92 Å². The number of anilines is 1. The van der Waals surface area contributed by atoms with Gasteiger partial charge in [-0.05, 0) is 19.1 Å². The number of aryl methyl sites for hydroxylation is 1. The SMILES string of the molecule is COC(=O)c1cnc(NC(=O)c2csc(-c3ccc(C)o3)n2)s1. The first kappa shape index (κ1) is 15.4. The summed E-state index contributed by atoms with van der Waals surface area (Å²) in [5.74, 6) is 0.502. The van der Waals surface area contributed by atoms with E-state index in [-0.39, 0.29) is 5.69 Å². The van der Waals surface area contributed by atoms with Gasteiger partial charge in [0.05, 0.1) is 13.3 Å². The number of methoxy groups -OCH3 is 1. The van der Waals surface area contributed by atoms with Crippen molar-refractivity contribution in [2.45, 2.75) is 6.92 Å². The van der Waals surface area contributed by atoms with E-state index in [9.17, 15) is 9.59 Å². The van der Waals surface area contributed by atoms with Gasteiger partial charge in [-0.1, -0.05) is 11.3 Å². The third-order valence-electron chi connectivity index (χ3n) is 2.80. The second-order valence-electron chi connectivity index (χ2n) is 4.42. The molecule has 0 unspecified atom stereocenters. The van der Waals surface area contributed by atoms with Crippen molar-refractivity contribution in [3.05, 3.63) is 40.0 Å². The van der Waals surface area contributed by atoms with Crippen LogP contribution in [0.25, 0.3) is 10.8 Å². The fraction of sp³-hybridized carbons (Fsp3) is 0.143. The molecule has 0 aliphatic rings. The van der Waals surface area contributed by atoms with Crippen molar-refractivity contribution in [2.24, 2.45) is 0 Å². The first-order chi connectivity index (χ1) is 11.1. The molecule has 0 bridgehead atoms. The molecule has 0 aliphatic heterocycles. The Kier molecular flexibility index (Phi) is 4.22. The summed E-state index contributed by atoms with van der Waals surface area (Å²) in [5, 5.41) is 5.17. The lowest BCUT2D eigenvalue weighted by Gasteiger charge is -1.97. The minimum Gasteiger partial charge on any atom is -0.465 e. The molecule has 0 aliphatic carbocycles. The van der Waals surface area contributed by atoms with Crippen molar-refractivity contribution in [3.63, 3.8) is 0 Å². The summed E-state index contributed by atoms with van der Waals surface area (Å²) in [4.78, 5) is 32.0. The molecule has 23 heavy (non-hydrogen) atoms. The highest BCUT2D eigenvalue weighted by Gasteiger charge is 2.16. The Morgan fingerprint density at radius 1 is 1.35 bits per heavy atom. The quantitative estimate of drug-likeness (QED) is 0.727. The number of amides is 1. The number of hydrogen-bond acceptors (Lipinski definition) is 8. The zero-order chi connectivity index (χ0) is 16.4. The zero-order valence-electron chi connectivity index (χ0n) is 12.2. The number of furan rings is 1. The van der Waals surface area contributed by atoms with Gasteiger partial charge in [0.1, 0.15) is 16.3 Å². The molecule has 3 aromatic heterocycles. The van der Waals surface area contributed by atoms with Crippen LogP contribution in [0.2, 0.25) is 0 Å². The van der Waals surface area contributed by atoms with Crippen LogP contribution in [0.4, 0.5) is 5.13 Å². The Morgan fingerprint density at radius 2 is 2.17 bits per heavy atom. The van der Waals surface area contributed by atoms with Gasteiger partial charge < -0.3 is 9.15 Å². The Balaban J connectivity index is 1.72. The smallest absolute Gasteiger partial charge is 0.349 e. The van der Waals surface area contributed by atoms with Crippen LogP contribution in [-0.2, 0) is 4.74 Å². The number of thiazole rings is 2. The third-order valence-corrected chi connectivity index (χ3v) is 4.55. The molecule has 0 radical (unpaired) electrons. The van der Waals surface area contributed by atoms with Gasteiger partial charge in [-0.15, -0.1) is 11.3 Å². The standard InChI is InChI=1S/C14H11N3O4S2/c1-7-3-4-9(21-7)12-16-8(6-22-12)11(18)17-14-15-5-10(23-14)13(19)20-2/h3-6H,1-2H3,(H,15,17,18). The van der Waals surface area contributed by atoms with Crippen LogP contribution < -0.4 is 5.32 Å². The number of rotatable bonds is 4. The lowest BCUT2D eigenvalue weighted by molar-refractivity contribution is 0.0606. The minimum absolute atomic E-state index is 0.258. The van der Waals surface area contributed by atoms with E-state index in [1.165, 1.54) is 24.6 Å². The van der Waals surface area contributed by atoms with Crippen LogP contribution >= 0.6 is 22.7 Å². The topological polar surface area (TPSA) is 94.3 Å². The lowest BCUT2D eigenvalue weighted by atomic mass is 10.4. The predicted octanol–water partition coefficient (Wildman–Crippen LogP) is 3.21. The van der Waals surface area contributed by atoms with Crippen LogP contribution in [0.1, 0.15) is 25.9 Å². The molecule has 1 amide bonds. The summed E-state index contributed by atoms with van der Waals surface area (Å²) >= 11 is 2.35.